The first-order chi connectivity index (χ1) is 27.6. The third-order valence-electron chi connectivity index (χ3n) is 14.1. The summed E-state index contributed by atoms with van der Waals surface area (Å²) in [6, 6.07) is 63.7. The number of anilines is 3. The minimum atomic E-state index is -0.131. The third-order valence-corrected chi connectivity index (χ3v) is 14.1. The Labute approximate surface area is 335 Å². The Bertz CT molecular complexity index is 3100. The van der Waals surface area contributed by atoms with E-state index in [4.69, 9.17) is 0 Å². The first kappa shape index (κ1) is 33.9. The van der Waals surface area contributed by atoms with E-state index >= 15 is 0 Å². The molecule has 9 aromatic rings. The predicted octanol–water partition coefficient (Wildman–Crippen LogP) is 14.9. The lowest BCUT2D eigenvalue weighted by Gasteiger charge is -2.48. The van der Waals surface area contributed by atoms with Gasteiger partial charge >= 0.3 is 0 Å². The summed E-state index contributed by atoms with van der Waals surface area (Å²) < 4.78 is 2.46. The first-order valence-corrected chi connectivity index (χ1v) is 20.4. The SMILES string of the molecule is CC1(C)c2ccccc2-c2cc3ccc(N(c4ccc5c(c4)C(C)(C)C(C)(C)c4ccccc4-5)c4cccc5c6ccccc6n(-c6ccccc6)c45)cc3cc21. The molecule has 0 atom stereocenters. The molecule has 0 spiro atoms. The number of rotatable bonds is 4. The van der Waals surface area contributed by atoms with Gasteiger partial charge in [-0.2, -0.15) is 0 Å². The Morgan fingerprint density at radius 1 is 0.404 bits per heavy atom. The van der Waals surface area contributed by atoms with Crippen LogP contribution in [0.1, 0.15) is 63.8 Å². The van der Waals surface area contributed by atoms with Gasteiger partial charge in [-0.3, -0.25) is 0 Å². The van der Waals surface area contributed by atoms with Gasteiger partial charge in [-0.15, -0.1) is 0 Å². The van der Waals surface area contributed by atoms with Gasteiger partial charge in [0.2, 0.25) is 0 Å². The van der Waals surface area contributed by atoms with Crippen molar-refractivity contribution in [3.8, 4) is 27.9 Å². The molecular weight excluding hydrogens is 689 g/mol. The molecule has 2 aliphatic carbocycles. The van der Waals surface area contributed by atoms with E-state index in [0.717, 1.165) is 22.7 Å². The summed E-state index contributed by atoms with van der Waals surface area (Å²) in [5.74, 6) is 0. The van der Waals surface area contributed by atoms with Crippen molar-refractivity contribution in [2.45, 2.75) is 57.8 Å². The van der Waals surface area contributed by atoms with Gasteiger partial charge in [-0.25, -0.2) is 0 Å². The lowest BCUT2D eigenvalue weighted by molar-refractivity contribution is 0.299. The smallest absolute Gasteiger partial charge is 0.0782 e. The minimum Gasteiger partial charge on any atom is -0.308 e. The molecule has 0 radical (unpaired) electrons. The van der Waals surface area contributed by atoms with Crippen LogP contribution in [0.15, 0.2) is 170 Å². The van der Waals surface area contributed by atoms with Crippen molar-refractivity contribution in [1.29, 1.82) is 0 Å². The Balaban J connectivity index is 1.21. The maximum atomic E-state index is 2.52. The number of hydrogen-bond acceptors (Lipinski definition) is 1. The average molecular weight is 735 g/mol. The largest absolute Gasteiger partial charge is 0.308 e. The van der Waals surface area contributed by atoms with Crippen molar-refractivity contribution in [2.75, 3.05) is 4.90 Å². The van der Waals surface area contributed by atoms with Gasteiger partial charge in [0.1, 0.15) is 0 Å². The fourth-order valence-electron chi connectivity index (χ4n) is 10.4. The van der Waals surface area contributed by atoms with Crippen LogP contribution in [0.5, 0.6) is 0 Å². The zero-order valence-electron chi connectivity index (χ0n) is 33.6. The van der Waals surface area contributed by atoms with E-state index in [1.807, 2.05) is 0 Å². The molecule has 1 heterocycles. The lowest BCUT2D eigenvalue weighted by atomic mass is 9.55. The number of hydrogen-bond donors (Lipinski definition) is 0. The van der Waals surface area contributed by atoms with Gasteiger partial charge in [0.25, 0.3) is 0 Å². The number of nitrogens with zero attached hydrogens (tertiary/aromatic N) is 2. The molecule has 276 valence electrons. The van der Waals surface area contributed by atoms with Gasteiger partial charge < -0.3 is 9.47 Å². The highest BCUT2D eigenvalue weighted by Gasteiger charge is 2.46. The molecule has 0 bridgehead atoms. The topological polar surface area (TPSA) is 8.17 Å². The van der Waals surface area contributed by atoms with Gasteiger partial charge in [0, 0.05) is 33.2 Å². The van der Waals surface area contributed by atoms with Crippen LogP contribution in [0, 0.1) is 0 Å². The van der Waals surface area contributed by atoms with Crippen LogP contribution in [-0.2, 0) is 16.2 Å². The highest BCUT2D eigenvalue weighted by atomic mass is 15.2. The van der Waals surface area contributed by atoms with Crippen LogP contribution < -0.4 is 4.90 Å². The Hall–Kier alpha value is -6.38. The summed E-state index contributed by atoms with van der Waals surface area (Å²) in [5, 5.41) is 5.00. The van der Waals surface area contributed by atoms with E-state index in [2.05, 4.69) is 221 Å². The van der Waals surface area contributed by atoms with Crippen LogP contribution in [-0.4, -0.2) is 4.57 Å². The molecule has 0 fully saturated rings. The normalized spacial score (nSPS) is 15.6. The van der Waals surface area contributed by atoms with Crippen molar-refractivity contribution < 1.29 is 0 Å². The van der Waals surface area contributed by atoms with E-state index in [1.165, 1.54) is 77.1 Å². The maximum absolute atomic E-state index is 2.52. The quantitative estimate of drug-likeness (QED) is 0.175. The second-order valence-electron chi connectivity index (χ2n) is 17.8. The molecule has 0 amide bonds. The van der Waals surface area contributed by atoms with Crippen LogP contribution >= 0.6 is 0 Å². The third kappa shape index (κ3) is 4.65. The number of para-hydroxylation sites is 3. The van der Waals surface area contributed by atoms with E-state index in [-0.39, 0.29) is 16.2 Å². The van der Waals surface area contributed by atoms with E-state index in [0.29, 0.717) is 0 Å². The number of aromatic nitrogens is 1. The summed E-state index contributed by atoms with van der Waals surface area (Å²) in [7, 11) is 0. The monoisotopic (exact) mass is 734 g/mol. The summed E-state index contributed by atoms with van der Waals surface area (Å²) in [4.78, 5) is 2.52. The Morgan fingerprint density at radius 3 is 1.82 bits per heavy atom. The van der Waals surface area contributed by atoms with Crippen molar-refractivity contribution in [1.82, 2.24) is 4.57 Å². The van der Waals surface area contributed by atoms with Gasteiger partial charge in [0.05, 0.1) is 16.7 Å². The molecule has 1 aromatic heterocycles. The second-order valence-corrected chi connectivity index (χ2v) is 17.8. The molecule has 2 nitrogen and oxygen atoms in total. The van der Waals surface area contributed by atoms with Crippen molar-refractivity contribution in [3.05, 3.63) is 192 Å². The van der Waals surface area contributed by atoms with Gasteiger partial charge in [-0.05, 0) is 127 Å². The summed E-state index contributed by atoms with van der Waals surface area (Å²) in [5.41, 5.74) is 17.7. The van der Waals surface area contributed by atoms with E-state index < -0.39 is 0 Å². The van der Waals surface area contributed by atoms with Crippen molar-refractivity contribution >= 4 is 49.6 Å². The summed E-state index contributed by atoms with van der Waals surface area (Å²) >= 11 is 0. The predicted molar refractivity (Wildman–Crippen MR) is 242 cm³/mol. The zero-order chi connectivity index (χ0) is 38.8. The fourth-order valence-corrected chi connectivity index (χ4v) is 10.4. The van der Waals surface area contributed by atoms with Crippen LogP contribution in [0.3, 0.4) is 0 Å². The van der Waals surface area contributed by atoms with Crippen LogP contribution in [0.2, 0.25) is 0 Å². The zero-order valence-corrected chi connectivity index (χ0v) is 33.6. The van der Waals surface area contributed by atoms with Crippen LogP contribution in [0.4, 0.5) is 17.1 Å². The summed E-state index contributed by atoms with van der Waals surface area (Å²) in [6.45, 7) is 14.4. The molecular formula is C55H46N2. The molecule has 2 aliphatic rings. The van der Waals surface area contributed by atoms with Gasteiger partial charge in [0.15, 0.2) is 0 Å². The maximum Gasteiger partial charge on any atom is 0.0782 e. The molecule has 0 saturated heterocycles. The molecule has 8 aromatic carbocycles. The van der Waals surface area contributed by atoms with E-state index in [1.54, 1.807) is 0 Å². The molecule has 0 saturated carbocycles. The average Bonchev–Trinajstić information content (AvgIpc) is 3.69. The first-order valence-electron chi connectivity index (χ1n) is 20.4. The molecule has 57 heavy (non-hydrogen) atoms. The van der Waals surface area contributed by atoms with Crippen LogP contribution in [0.25, 0.3) is 60.5 Å². The number of benzene rings is 8. The second kappa shape index (κ2) is 11.8. The summed E-state index contributed by atoms with van der Waals surface area (Å²) in [6.07, 6.45) is 0. The molecule has 0 N–H and O–H groups in total. The molecule has 0 aliphatic heterocycles. The highest BCUT2D eigenvalue weighted by molar-refractivity contribution is 6.14. The molecule has 2 heteroatoms. The van der Waals surface area contributed by atoms with Gasteiger partial charge in [-0.1, -0.05) is 151 Å². The molecule has 0 unspecified atom stereocenters. The van der Waals surface area contributed by atoms with Crippen molar-refractivity contribution in [3.63, 3.8) is 0 Å². The molecule has 11 rings (SSSR count). The van der Waals surface area contributed by atoms with E-state index in [9.17, 15) is 0 Å². The lowest BCUT2D eigenvalue weighted by Crippen LogP contribution is -2.43. The Morgan fingerprint density at radius 2 is 1.02 bits per heavy atom. The highest BCUT2D eigenvalue weighted by Crippen LogP contribution is 2.56. The Kier molecular flexibility index (Phi) is 7.03. The fraction of sp³-hybridized carbons (Fsp3) is 0.164. The number of fused-ring (bicyclic) bond motifs is 10. The minimum absolute atomic E-state index is 0.0759. The van der Waals surface area contributed by atoms with Crippen molar-refractivity contribution in [2.24, 2.45) is 0 Å². The standard InChI is InChI=1S/C55H46N2/c1-53(2)46-23-13-10-20-41(46)45-32-35-27-28-38(31-36(35)33-48(45)53)56(39-29-30-42-40-19-11-14-24-47(40)54(3,4)55(5,6)49(42)34-39)51-26-16-22-44-43-21-12-15-25-50(43)57(52(44)51)37-17-8-7-9-18-37/h7-34H,1-6H3.